The van der Waals surface area contributed by atoms with Gasteiger partial charge in [0.15, 0.2) is 0 Å². The first-order chi connectivity index (χ1) is 9.49. The van der Waals surface area contributed by atoms with Gasteiger partial charge in [-0.1, -0.05) is 26.2 Å². The minimum Gasteiger partial charge on any atom is -0.478 e. The molecule has 1 aliphatic carbocycles. The fraction of sp³-hybridized carbons (Fsp3) is 0.625. The highest BCUT2D eigenvalue weighted by Gasteiger charge is 2.22. The molecule has 0 saturated heterocycles. The van der Waals surface area contributed by atoms with E-state index in [1.54, 1.807) is 0 Å². The molecule has 20 heavy (non-hydrogen) atoms. The van der Waals surface area contributed by atoms with Crippen molar-refractivity contribution in [2.75, 3.05) is 11.9 Å². The van der Waals surface area contributed by atoms with Crippen molar-refractivity contribution in [2.24, 2.45) is 11.8 Å². The molecular weight excluding hydrogens is 252 g/mol. The Morgan fingerprint density at radius 3 is 2.75 bits per heavy atom. The molecule has 1 heterocycles. The van der Waals surface area contributed by atoms with Crippen molar-refractivity contribution < 1.29 is 9.90 Å². The second kappa shape index (κ2) is 6.25. The monoisotopic (exact) mass is 276 g/mol. The third-order valence-corrected chi connectivity index (χ3v) is 4.38. The van der Waals surface area contributed by atoms with E-state index in [0.29, 0.717) is 23.2 Å². The van der Waals surface area contributed by atoms with Gasteiger partial charge in [0, 0.05) is 12.2 Å². The van der Waals surface area contributed by atoms with Gasteiger partial charge in [0.05, 0.1) is 0 Å². The average molecular weight is 276 g/mol. The number of carboxylic acid groups (broad SMARTS) is 1. The van der Waals surface area contributed by atoms with Crippen LogP contribution in [0, 0.1) is 25.7 Å². The second-order valence-electron chi connectivity index (χ2n) is 6.01. The topological polar surface area (TPSA) is 62.2 Å². The highest BCUT2D eigenvalue weighted by atomic mass is 16.4. The van der Waals surface area contributed by atoms with E-state index in [0.717, 1.165) is 17.8 Å². The lowest BCUT2D eigenvalue weighted by molar-refractivity contribution is 0.0696. The smallest absolute Gasteiger partial charge is 0.339 e. The maximum absolute atomic E-state index is 11.4. The zero-order valence-electron chi connectivity index (χ0n) is 12.6. The fourth-order valence-electron chi connectivity index (χ4n) is 3.16. The van der Waals surface area contributed by atoms with E-state index in [1.165, 1.54) is 25.7 Å². The summed E-state index contributed by atoms with van der Waals surface area (Å²) in [4.78, 5) is 15.8. The molecule has 1 aromatic heterocycles. The number of hydrogen-bond acceptors (Lipinski definition) is 3. The van der Waals surface area contributed by atoms with Crippen molar-refractivity contribution in [1.82, 2.24) is 4.98 Å². The summed E-state index contributed by atoms with van der Waals surface area (Å²) in [6.45, 7) is 6.83. The van der Waals surface area contributed by atoms with Gasteiger partial charge in [-0.25, -0.2) is 9.78 Å². The number of aryl methyl sites for hydroxylation is 2. The van der Waals surface area contributed by atoms with Gasteiger partial charge in [-0.05, 0) is 43.7 Å². The standard InChI is InChI=1S/C16H24N2O2/c1-10-6-4-5-7-13(10)9-17-15-14(16(19)20)11(2)8-12(3)18-15/h8,10,13H,4-7,9H2,1-3H3,(H,17,18)(H,19,20). The quantitative estimate of drug-likeness (QED) is 0.881. The van der Waals surface area contributed by atoms with Crippen LogP contribution in [0.2, 0.25) is 0 Å². The number of aromatic carboxylic acids is 1. The third-order valence-electron chi connectivity index (χ3n) is 4.38. The summed E-state index contributed by atoms with van der Waals surface area (Å²) in [6, 6.07) is 1.82. The molecule has 0 spiro atoms. The number of rotatable bonds is 4. The Hall–Kier alpha value is -1.58. The van der Waals surface area contributed by atoms with Gasteiger partial charge in [0.1, 0.15) is 11.4 Å². The van der Waals surface area contributed by atoms with Crippen LogP contribution in [-0.4, -0.2) is 22.6 Å². The predicted molar refractivity (Wildman–Crippen MR) is 80.3 cm³/mol. The molecule has 1 fully saturated rings. The van der Waals surface area contributed by atoms with Crippen LogP contribution < -0.4 is 5.32 Å². The number of carboxylic acids is 1. The summed E-state index contributed by atoms with van der Waals surface area (Å²) in [5.41, 5.74) is 1.93. The minimum absolute atomic E-state index is 0.305. The van der Waals surface area contributed by atoms with Crippen LogP contribution in [-0.2, 0) is 0 Å². The summed E-state index contributed by atoms with van der Waals surface area (Å²) in [5, 5.41) is 12.6. The van der Waals surface area contributed by atoms with Gasteiger partial charge >= 0.3 is 5.97 Å². The summed E-state index contributed by atoms with van der Waals surface area (Å²) >= 11 is 0. The van der Waals surface area contributed by atoms with Crippen LogP contribution in [0.3, 0.4) is 0 Å². The summed E-state index contributed by atoms with van der Waals surface area (Å²) in [5.74, 6) is 0.936. The molecule has 1 saturated carbocycles. The average Bonchev–Trinajstić information content (AvgIpc) is 2.36. The number of carbonyl (C=O) groups is 1. The third kappa shape index (κ3) is 3.30. The molecule has 2 N–H and O–H groups in total. The molecule has 4 nitrogen and oxygen atoms in total. The first-order valence-corrected chi connectivity index (χ1v) is 7.44. The Kier molecular flexibility index (Phi) is 4.63. The molecule has 4 heteroatoms. The van der Waals surface area contributed by atoms with Crippen molar-refractivity contribution in [3.8, 4) is 0 Å². The normalized spacial score (nSPS) is 22.6. The molecular formula is C16H24N2O2. The number of anilines is 1. The van der Waals surface area contributed by atoms with E-state index in [1.807, 2.05) is 19.9 Å². The van der Waals surface area contributed by atoms with Crippen LogP contribution in [0.5, 0.6) is 0 Å². The van der Waals surface area contributed by atoms with Gasteiger partial charge in [0.2, 0.25) is 0 Å². The molecule has 0 amide bonds. The minimum atomic E-state index is -0.908. The zero-order chi connectivity index (χ0) is 14.7. The highest BCUT2D eigenvalue weighted by Crippen LogP contribution is 2.30. The lowest BCUT2D eigenvalue weighted by atomic mass is 9.80. The first-order valence-electron chi connectivity index (χ1n) is 7.44. The van der Waals surface area contributed by atoms with Gasteiger partial charge in [-0.3, -0.25) is 0 Å². The summed E-state index contributed by atoms with van der Waals surface area (Å²) in [6.07, 6.45) is 5.10. The van der Waals surface area contributed by atoms with E-state index in [2.05, 4.69) is 17.2 Å². The molecule has 1 aliphatic rings. The van der Waals surface area contributed by atoms with Crippen molar-refractivity contribution in [3.63, 3.8) is 0 Å². The SMILES string of the molecule is Cc1cc(C)c(C(=O)O)c(NCC2CCCCC2C)n1. The van der Waals surface area contributed by atoms with Crippen molar-refractivity contribution in [1.29, 1.82) is 0 Å². The predicted octanol–water partition coefficient (Wildman–Crippen LogP) is 3.63. The molecule has 0 aliphatic heterocycles. The molecule has 0 aromatic carbocycles. The van der Waals surface area contributed by atoms with E-state index >= 15 is 0 Å². The van der Waals surface area contributed by atoms with Crippen LogP contribution in [0.25, 0.3) is 0 Å². The number of nitrogens with one attached hydrogen (secondary N) is 1. The number of nitrogens with zero attached hydrogens (tertiary/aromatic N) is 1. The van der Waals surface area contributed by atoms with E-state index in [-0.39, 0.29) is 0 Å². The maximum Gasteiger partial charge on any atom is 0.339 e. The molecule has 0 bridgehead atoms. The van der Waals surface area contributed by atoms with Crippen LogP contribution >= 0.6 is 0 Å². The van der Waals surface area contributed by atoms with Gasteiger partial charge in [0.25, 0.3) is 0 Å². The number of hydrogen-bond donors (Lipinski definition) is 2. The Balaban J connectivity index is 2.14. The largest absolute Gasteiger partial charge is 0.478 e. The molecule has 1 aromatic rings. The van der Waals surface area contributed by atoms with Gasteiger partial charge < -0.3 is 10.4 Å². The molecule has 2 unspecified atom stereocenters. The lowest BCUT2D eigenvalue weighted by Crippen LogP contribution is -2.25. The summed E-state index contributed by atoms with van der Waals surface area (Å²) in [7, 11) is 0. The molecule has 0 radical (unpaired) electrons. The number of pyridine rings is 1. The Morgan fingerprint density at radius 1 is 1.40 bits per heavy atom. The molecule has 2 rings (SSSR count). The van der Waals surface area contributed by atoms with Crippen molar-refractivity contribution in [2.45, 2.75) is 46.5 Å². The first kappa shape index (κ1) is 14.8. The molecule has 2 atom stereocenters. The van der Waals surface area contributed by atoms with Gasteiger partial charge in [-0.2, -0.15) is 0 Å². The zero-order valence-corrected chi connectivity index (χ0v) is 12.6. The highest BCUT2D eigenvalue weighted by molar-refractivity contribution is 5.94. The van der Waals surface area contributed by atoms with Gasteiger partial charge in [-0.15, -0.1) is 0 Å². The maximum atomic E-state index is 11.4. The molecule has 110 valence electrons. The Labute approximate surface area is 120 Å². The fourth-order valence-corrected chi connectivity index (χ4v) is 3.16. The van der Waals surface area contributed by atoms with E-state index in [9.17, 15) is 9.90 Å². The lowest BCUT2D eigenvalue weighted by Gasteiger charge is -2.29. The van der Waals surface area contributed by atoms with Crippen molar-refractivity contribution in [3.05, 3.63) is 22.9 Å². The van der Waals surface area contributed by atoms with Crippen LogP contribution in [0.15, 0.2) is 6.07 Å². The summed E-state index contributed by atoms with van der Waals surface area (Å²) < 4.78 is 0. The Bertz CT molecular complexity index is 499. The van der Waals surface area contributed by atoms with Crippen LogP contribution in [0.1, 0.15) is 54.2 Å². The van der Waals surface area contributed by atoms with Crippen molar-refractivity contribution >= 4 is 11.8 Å². The van der Waals surface area contributed by atoms with E-state index < -0.39 is 5.97 Å². The van der Waals surface area contributed by atoms with Crippen LogP contribution in [0.4, 0.5) is 5.82 Å². The number of aromatic nitrogens is 1. The second-order valence-corrected chi connectivity index (χ2v) is 6.01. The Morgan fingerprint density at radius 2 is 2.10 bits per heavy atom. The van der Waals surface area contributed by atoms with E-state index in [4.69, 9.17) is 0 Å².